The van der Waals surface area contributed by atoms with Gasteiger partial charge in [0.15, 0.2) is 0 Å². The number of nitrogens with two attached hydrogens (primary N) is 1. The SMILES string of the molecule is CC(CN)NC(=O)c1cc(Cl)cc(Br)c1. The lowest BCUT2D eigenvalue weighted by atomic mass is 10.2. The van der Waals surface area contributed by atoms with Crippen molar-refractivity contribution in [1.29, 1.82) is 0 Å². The van der Waals surface area contributed by atoms with Gasteiger partial charge in [-0.15, -0.1) is 0 Å². The summed E-state index contributed by atoms with van der Waals surface area (Å²) in [6.07, 6.45) is 0. The van der Waals surface area contributed by atoms with Gasteiger partial charge in [-0.3, -0.25) is 4.79 Å². The molecule has 3 N–H and O–H groups in total. The molecule has 1 unspecified atom stereocenters. The fourth-order valence-electron chi connectivity index (χ4n) is 1.05. The first-order valence-corrected chi connectivity index (χ1v) is 5.67. The van der Waals surface area contributed by atoms with E-state index in [1.807, 2.05) is 6.92 Å². The van der Waals surface area contributed by atoms with Crippen molar-refractivity contribution in [2.45, 2.75) is 13.0 Å². The fourth-order valence-corrected chi connectivity index (χ4v) is 1.91. The maximum absolute atomic E-state index is 11.7. The van der Waals surface area contributed by atoms with E-state index in [1.165, 1.54) is 0 Å². The monoisotopic (exact) mass is 290 g/mol. The Labute approximate surface area is 102 Å². The molecule has 1 amide bonds. The molecule has 82 valence electrons. The standard InChI is InChI=1S/C10H12BrClN2O/c1-6(5-13)14-10(15)7-2-8(11)4-9(12)3-7/h2-4,6H,5,13H2,1H3,(H,14,15). The highest BCUT2D eigenvalue weighted by atomic mass is 79.9. The molecule has 0 heterocycles. The third-order valence-corrected chi connectivity index (χ3v) is 2.53. The summed E-state index contributed by atoms with van der Waals surface area (Å²) in [7, 11) is 0. The van der Waals surface area contributed by atoms with Crippen LogP contribution in [0, 0.1) is 0 Å². The minimum atomic E-state index is -0.170. The molecule has 0 aromatic heterocycles. The van der Waals surface area contributed by atoms with Crippen LogP contribution >= 0.6 is 27.5 Å². The van der Waals surface area contributed by atoms with Gasteiger partial charge in [0.25, 0.3) is 5.91 Å². The second kappa shape index (κ2) is 5.49. The molecule has 3 nitrogen and oxygen atoms in total. The van der Waals surface area contributed by atoms with E-state index in [0.717, 1.165) is 4.47 Å². The topological polar surface area (TPSA) is 55.1 Å². The Kier molecular flexibility index (Phi) is 4.57. The highest BCUT2D eigenvalue weighted by molar-refractivity contribution is 9.10. The van der Waals surface area contributed by atoms with Gasteiger partial charge in [-0.1, -0.05) is 27.5 Å². The first-order valence-electron chi connectivity index (χ1n) is 4.50. The number of nitrogens with one attached hydrogen (secondary N) is 1. The smallest absolute Gasteiger partial charge is 0.251 e. The van der Waals surface area contributed by atoms with Crippen molar-refractivity contribution in [1.82, 2.24) is 5.32 Å². The number of hydrogen-bond acceptors (Lipinski definition) is 2. The fraction of sp³-hybridized carbons (Fsp3) is 0.300. The second-order valence-corrected chi connectivity index (χ2v) is 4.62. The molecule has 0 spiro atoms. The second-order valence-electron chi connectivity index (χ2n) is 3.27. The van der Waals surface area contributed by atoms with E-state index in [-0.39, 0.29) is 11.9 Å². The Hall–Kier alpha value is -0.580. The van der Waals surface area contributed by atoms with Gasteiger partial charge >= 0.3 is 0 Å². The average molecular weight is 292 g/mol. The van der Waals surface area contributed by atoms with Crippen LogP contribution in [0.25, 0.3) is 0 Å². The van der Waals surface area contributed by atoms with E-state index in [4.69, 9.17) is 17.3 Å². The highest BCUT2D eigenvalue weighted by Gasteiger charge is 2.09. The lowest BCUT2D eigenvalue weighted by Gasteiger charge is -2.11. The van der Waals surface area contributed by atoms with Gasteiger partial charge in [-0.2, -0.15) is 0 Å². The van der Waals surface area contributed by atoms with E-state index in [0.29, 0.717) is 17.1 Å². The van der Waals surface area contributed by atoms with Crippen LogP contribution in [0.4, 0.5) is 0 Å². The van der Waals surface area contributed by atoms with Crippen LogP contribution < -0.4 is 11.1 Å². The van der Waals surface area contributed by atoms with Gasteiger partial charge in [0.1, 0.15) is 0 Å². The number of rotatable bonds is 3. The van der Waals surface area contributed by atoms with Crippen LogP contribution in [0.1, 0.15) is 17.3 Å². The molecule has 0 saturated heterocycles. The van der Waals surface area contributed by atoms with Crippen molar-refractivity contribution in [3.63, 3.8) is 0 Å². The Morgan fingerprint density at radius 3 is 2.80 bits per heavy atom. The Balaban J connectivity index is 2.82. The summed E-state index contributed by atoms with van der Waals surface area (Å²) in [4.78, 5) is 11.7. The zero-order valence-corrected chi connectivity index (χ0v) is 10.6. The van der Waals surface area contributed by atoms with E-state index in [1.54, 1.807) is 18.2 Å². The molecule has 1 rings (SSSR count). The van der Waals surface area contributed by atoms with Gasteiger partial charge in [0.2, 0.25) is 0 Å². The summed E-state index contributed by atoms with van der Waals surface area (Å²) in [5, 5.41) is 3.28. The predicted octanol–water partition coefficient (Wildman–Crippen LogP) is 2.18. The Bertz CT molecular complexity index is 350. The minimum Gasteiger partial charge on any atom is -0.348 e. The van der Waals surface area contributed by atoms with Crippen LogP contribution in [-0.4, -0.2) is 18.5 Å². The van der Waals surface area contributed by atoms with Crippen LogP contribution in [-0.2, 0) is 0 Å². The zero-order valence-electron chi connectivity index (χ0n) is 8.26. The lowest BCUT2D eigenvalue weighted by Crippen LogP contribution is -2.37. The van der Waals surface area contributed by atoms with E-state index >= 15 is 0 Å². The number of amides is 1. The molecular weight excluding hydrogens is 279 g/mol. The maximum Gasteiger partial charge on any atom is 0.251 e. The van der Waals surface area contributed by atoms with Crippen LogP contribution in [0.2, 0.25) is 5.02 Å². The summed E-state index contributed by atoms with van der Waals surface area (Å²) in [5.74, 6) is -0.170. The van der Waals surface area contributed by atoms with Gasteiger partial charge in [-0.05, 0) is 25.1 Å². The molecule has 0 radical (unpaired) electrons. The summed E-state index contributed by atoms with van der Waals surface area (Å²) >= 11 is 9.11. The quantitative estimate of drug-likeness (QED) is 0.897. The Morgan fingerprint density at radius 1 is 1.60 bits per heavy atom. The van der Waals surface area contributed by atoms with Gasteiger partial charge in [0.05, 0.1) is 0 Å². The molecule has 5 heteroatoms. The molecule has 0 aliphatic carbocycles. The van der Waals surface area contributed by atoms with Crippen molar-refractivity contribution in [2.75, 3.05) is 6.54 Å². The zero-order chi connectivity index (χ0) is 11.4. The molecule has 0 fully saturated rings. The van der Waals surface area contributed by atoms with Crippen molar-refractivity contribution in [3.8, 4) is 0 Å². The number of carbonyl (C=O) groups excluding carboxylic acids is 1. The van der Waals surface area contributed by atoms with E-state index in [2.05, 4.69) is 21.2 Å². The Morgan fingerprint density at radius 2 is 2.27 bits per heavy atom. The van der Waals surface area contributed by atoms with E-state index in [9.17, 15) is 4.79 Å². The van der Waals surface area contributed by atoms with E-state index < -0.39 is 0 Å². The molecule has 0 aliphatic heterocycles. The molecular formula is C10H12BrClN2O. The summed E-state index contributed by atoms with van der Waals surface area (Å²) in [5.41, 5.74) is 5.93. The number of benzene rings is 1. The van der Waals surface area contributed by atoms with Crippen molar-refractivity contribution in [2.24, 2.45) is 5.73 Å². The molecule has 0 aliphatic rings. The molecule has 1 atom stereocenters. The minimum absolute atomic E-state index is 0.0461. The van der Waals surface area contributed by atoms with Crippen LogP contribution in [0.5, 0.6) is 0 Å². The van der Waals surface area contributed by atoms with Crippen LogP contribution in [0.15, 0.2) is 22.7 Å². The summed E-state index contributed by atoms with van der Waals surface area (Å²) in [6, 6.07) is 5.01. The van der Waals surface area contributed by atoms with Gasteiger partial charge in [-0.25, -0.2) is 0 Å². The lowest BCUT2D eigenvalue weighted by molar-refractivity contribution is 0.0941. The molecule has 0 saturated carbocycles. The van der Waals surface area contributed by atoms with Crippen molar-refractivity contribution in [3.05, 3.63) is 33.3 Å². The molecule has 15 heavy (non-hydrogen) atoms. The first kappa shape index (κ1) is 12.5. The maximum atomic E-state index is 11.7. The van der Waals surface area contributed by atoms with Crippen LogP contribution in [0.3, 0.4) is 0 Å². The average Bonchev–Trinajstić information content (AvgIpc) is 2.16. The van der Waals surface area contributed by atoms with Crippen molar-refractivity contribution >= 4 is 33.4 Å². The van der Waals surface area contributed by atoms with Crippen molar-refractivity contribution < 1.29 is 4.79 Å². The normalized spacial score (nSPS) is 12.3. The largest absolute Gasteiger partial charge is 0.348 e. The number of hydrogen-bond donors (Lipinski definition) is 2. The highest BCUT2D eigenvalue weighted by Crippen LogP contribution is 2.19. The third-order valence-electron chi connectivity index (χ3n) is 1.86. The van der Waals surface area contributed by atoms with Gasteiger partial charge in [0, 0.05) is 27.6 Å². The third kappa shape index (κ3) is 3.81. The first-order chi connectivity index (χ1) is 7.02. The van der Waals surface area contributed by atoms with Gasteiger partial charge < -0.3 is 11.1 Å². The summed E-state index contributed by atoms with van der Waals surface area (Å²) < 4.78 is 0.778. The molecule has 0 bridgehead atoms. The predicted molar refractivity (Wildman–Crippen MR) is 65.1 cm³/mol. The number of carbonyl (C=O) groups is 1. The molecule has 1 aromatic rings. The molecule has 1 aromatic carbocycles. The summed E-state index contributed by atoms with van der Waals surface area (Å²) in [6.45, 7) is 2.25. The number of halogens is 2.